The second-order valence-electron chi connectivity index (χ2n) is 5.69. The molecule has 0 fully saturated rings. The average Bonchev–Trinajstić information content (AvgIpc) is 2.99. The van der Waals surface area contributed by atoms with E-state index < -0.39 is 0 Å². The number of benzene rings is 1. The first-order chi connectivity index (χ1) is 12.2. The van der Waals surface area contributed by atoms with Crippen LogP contribution in [-0.4, -0.2) is 35.6 Å². The molecule has 0 radical (unpaired) electrons. The van der Waals surface area contributed by atoms with Gasteiger partial charge in [-0.05, 0) is 30.7 Å². The van der Waals surface area contributed by atoms with Crippen LogP contribution in [0.5, 0.6) is 0 Å². The third-order valence-corrected chi connectivity index (χ3v) is 4.22. The highest BCUT2D eigenvalue weighted by atomic mass is 35.5. The summed E-state index contributed by atoms with van der Waals surface area (Å²) in [6.45, 7) is 1.03. The van der Waals surface area contributed by atoms with Crippen molar-refractivity contribution in [2.45, 2.75) is 12.8 Å². The first kappa shape index (κ1) is 17.5. The molecule has 0 bridgehead atoms. The number of methoxy groups -OCH3 is 1. The minimum absolute atomic E-state index is 0.00462. The molecule has 0 atom stereocenters. The molecular formula is C19H20ClN3O2. The lowest BCUT2D eigenvalue weighted by Crippen LogP contribution is -2.27. The number of aryl methyl sites for hydroxylation is 1. The number of rotatable bonds is 7. The monoisotopic (exact) mass is 357 g/mol. The lowest BCUT2D eigenvalue weighted by Gasteiger charge is -2.07. The van der Waals surface area contributed by atoms with E-state index in [2.05, 4.69) is 5.32 Å². The number of hydrogen-bond acceptors (Lipinski definition) is 3. The van der Waals surface area contributed by atoms with E-state index in [1.54, 1.807) is 7.11 Å². The predicted octanol–water partition coefficient (Wildman–Crippen LogP) is 3.35. The van der Waals surface area contributed by atoms with Gasteiger partial charge in [-0.2, -0.15) is 0 Å². The van der Waals surface area contributed by atoms with Crippen LogP contribution in [0.4, 0.5) is 0 Å². The van der Waals surface area contributed by atoms with Gasteiger partial charge in [0.15, 0.2) is 0 Å². The van der Waals surface area contributed by atoms with Crippen LogP contribution < -0.4 is 5.32 Å². The Hall–Kier alpha value is -2.37. The van der Waals surface area contributed by atoms with Crippen LogP contribution in [0.25, 0.3) is 16.9 Å². The highest BCUT2D eigenvalue weighted by Crippen LogP contribution is 2.26. The summed E-state index contributed by atoms with van der Waals surface area (Å²) >= 11 is 5.99. The Morgan fingerprint density at radius 1 is 1.24 bits per heavy atom. The Morgan fingerprint density at radius 2 is 2.04 bits per heavy atom. The zero-order chi connectivity index (χ0) is 17.6. The molecule has 130 valence electrons. The summed E-state index contributed by atoms with van der Waals surface area (Å²) in [5.41, 5.74) is 3.75. The van der Waals surface area contributed by atoms with Gasteiger partial charge in [-0.1, -0.05) is 29.8 Å². The molecule has 1 N–H and O–H groups in total. The molecule has 5 nitrogen and oxygen atoms in total. The van der Waals surface area contributed by atoms with Gasteiger partial charge in [-0.25, -0.2) is 4.98 Å². The molecule has 2 heterocycles. The van der Waals surface area contributed by atoms with Crippen molar-refractivity contribution in [1.82, 2.24) is 14.7 Å². The Labute approximate surface area is 151 Å². The van der Waals surface area contributed by atoms with Gasteiger partial charge in [0.2, 0.25) is 5.91 Å². The van der Waals surface area contributed by atoms with Crippen LogP contribution in [0, 0.1) is 0 Å². The first-order valence-electron chi connectivity index (χ1n) is 8.16. The van der Waals surface area contributed by atoms with E-state index in [9.17, 15) is 4.79 Å². The summed E-state index contributed by atoms with van der Waals surface area (Å²) < 4.78 is 6.98. The van der Waals surface area contributed by atoms with Crippen LogP contribution >= 0.6 is 11.6 Å². The number of pyridine rings is 1. The standard InChI is InChI=1S/C19H20ClN3O2/c1-25-13-11-21-18(24)10-9-16-19(14-5-7-15(20)8-6-14)22-17-4-2-3-12-23(16)17/h2-8,12H,9-11,13H2,1H3,(H,21,24). The number of hydrogen-bond donors (Lipinski definition) is 1. The summed E-state index contributed by atoms with van der Waals surface area (Å²) in [6.07, 6.45) is 2.97. The van der Waals surface area contributed by atoms with E-state index in [4.69, 9.17) is 21.3 Å². The summed E-state index contributed by atoms with van der Waals surface area (Å²) in [7, 11) is 1.61. The number of halogens is 1. The van der Waals surface area contributed by atoms with Crippen molar-refractivity contribution in [2.24, 2.45) is 0 Å². The van der Waals surface area contributed by atoms with Crippen molar-refractivity contribution in [3.63, 3.8) is 0 Å². The Morgan fingerprint density at radius 3 is 2.80 bits per heavy atom. The van der Waals surface area contributed by atoms with Gasteiger partial charge in [0, 0.05) is 36.9 Å². The molecule has 0 spiro atoms. The Bertz CT molecular complexity index is 859. The topological polar surface area (TPSA) is 55.6 Å². The highest BCUT2D eigenvalue weighted by Gasteiger charge is 2.15. The zero-order valence-corrected chi connectivity index (χ0v) is 14.8. The molecule has 0 saturated heterocycles. The third-order valence-electron chi connectivity index (χ3n) is 3.96. The fourth-order valence-electron chi connectivity index (χ4n) is 2.74. The van der Waals surface area contributed by atoms with Crippen LogP contribution in [0.3, 0.4) is 0 Å². The summed E-state index contributed by atoms with van der Waals surface area (Å²) in [4.78, 5) is 16.8. The van der Waals surface area contributed by atoms with Gasteiger partial charge < -0.3 is 14.5 Å². The van der Waals surface area contributed by atoms with E-state index >= 15 is 0 Å². The molecule has 0 saturated carbocycles. The number of nitrogens with zero attached hydrogens (tertiary/aromatic N) is 2. The molecule has 0 aliphatic rings. The number of carbonyl (C=O) groups is 1. The fraction of sp³-hybridized carbons (Fsp3) is 0.263. The van der Waals surface area contributed by atoms with E-state index in [0.717, 1.165) is 22.6 Å². The number of amides is 1. The normalized spacial score (nSPS) is 11.0. The number of imidazole rings is 1. The van der Waals surface area contributed by atoms with Crippen molar-refractivity contribution in [3.8, 4) is 11.3 Å². The maximum absolute atomic E-state index is 12.0. The summed E-state index contributed by atoms with van der Waals surface area (Å²) in [6, 6.07) is 13.5. The third kappa shape index (κ3) is 4.18. The van der Waals surface area contributed by atoms with E-state index in [0.29, 0.717) is 31.0 Å². The first-order valence-corrected chi connectivity index (χ1v) is 8.54. The minimum Gasteiger partial charge on any atom is -0.383 e. The van der Waals surface area contributed by atoms with Crippen LogP contribution in [-0.2, 0) is 16.0 Å². The summed E-state index contributed by atoms with van der Waals surface area (Å²) in [5, 5.41) is 3.54. The van der Waals surface area contributed by atoms with Crippen LogP contribution in [0.15, 0.2) is 48.7 Å². The molecule has 3 rings (SSSR count). The molecular weight excluding hydrogens is 338 g/mol. The van der Waals surface area contributed by atoms with Crippen LogP contribution in [0.2, 0.25) is 5.02 Å². The minimum atomic E-state index is 0.00462. The van der Waals surface area contributed by atoms with Crippen LogP contribution in [0.1, 0.15) is 12.1 Å². The molecule has 6 heteroatoms. The largest absolute Gasteiger partial charge is 0.383 e. The molecule has 1 aromatic carbocycles. The number of ether oxygens (including phenoxy) is 1. The lowest BCUT2D eigenvalue weighted by atomic mass is 10.1. The molecule has 0 unspecified atom stereocenters. The maximum Gasteiger partial charge on any atom is 0.220 e. The van der Waals surface area contributed by atoms with Gasteiger partial charge in [-0.3, -0.25) is 4.79 Å². The molecule has 0 aliphatic heterocycles. The highest BCUT2D eigenvalue weighted by molar-refractivity contribution is 6.30. The van der Waals surface area contributed by atoms with Crippen molar-refractivity contribution in [2.75, 3.05) is 20.3 Å². The Kier molecular flexibility index (Phi) is 5.68. The van der Waals surface area contributed by atoms with Crippen molar-refractivity contribution < 1.29 is 9.53 Å². The van der Waals surface area contributed by atoms with E-state index in [1.807, 2.05) is 53.1 Å². The van der Waals surface area contributed by atoms with E-state index in [1.165, 1.54) is 0 Å². The Balaban J connectivity index is 1.86. The predicted molar refractivity (Wildman–Crippen MR) is 98.8 cm³/mol. The van der Waals surface area contributed by atoms with Crippen molar-refractivity contribution >= 4 is 23.2 Å². The second-order valence-corrected chi connectivity index (χ2v) is 6.12. The van der Waals surface area contributed by atoms with Gasteiger partial charge in [-0.15, -0.1) is 0 Å². The number of fused-ring (bicyclic) bond motifs is 1. The van der Waals surface area contributed by atoms with Crippen molar-refractivity contribution in [3.05, 3.63) is 59.4 Å². The van der Waals surface area contributed by atoms with Gasteiger partial charge in [0.25, 0.3) is 0 Å². The SMILES string of the molecule is COCCNC(=O)CCc1c(-c2ccc(Cl)cc2)nc2ccccn12. The number of nitrogens with one attached hydrogen (secondary N) is 1. The van der Waals surface area contributed by atoms with Gasteiger partial charge in [0.05, 0.1) is 18.0 Å². The summed E-state index contributed by atoms with van der Waals surface area (Å²) in [5.74, 6) is 0.00462. The number of carbonyl (C=O) groups excluding carboxylic acids is 1. The average molecular weight is 358 g/mol. The molecule has 25 heavy (non-hydrogen) atoms. The number of aromatic nitrogens is 2. The molecule has 3 aromatic rings. The lowest BCUT2D eigenvalue weighted by molar-refractivity contribution is -0.121. The molecule has 0 aliphatic carbocycles. The van der Waals surface area contributed by atoms with E-state index in [-0.39, 0.29) is 5.91 Å². The smallest absolute Gasteiger partial charge is 0.220 e. The van der Waals surface area contributed by atoms with Gasteiger partial charge >= 0.3 is 0 Å². The second kappa shape index (κ2) is 8.14. The molecule has 2 aromatic heterocycles. The van der Waals surface area contributed by atoms with Gasteiger partial charge in [0.1, 0.15) is 5.65 Å². The zero-order valence-electron chi connectivity index (χ0n) is 14.0. The quantitative estimate of drug-likeness (QED) is 0.660. The molecule has 1 amide bonds. The fourth-order valence-corrected chi connectivity index (χ4v) is 2.86. The van der Waals surface area contributed by atoms with Crippen molar-refractivity contribution in [1.29, 1.82) is 0 Å². The maximum atomic E-state index is 12.0.